The van der Waals surface area contributed by atoms with Crippen molar-refractivity contribution in [3.8, 4) is 0 Å². The lowest BCUT2D eigenvalue weighted by Gasteiger charge is -2.14. The van der Waals surface area contributed by atoms with Crippen molar-refractivity contribution in [2.45, 2.75) is 11.8 Å². The Hall–Kier alpha value is -1.20. The van der Waals surface area contributed by atoms with E-state index in [1.165, 1.54) is 24.0 Å². The number of hydrogen-bond donors (Lipinski definition) is 1. The van der Waals surface area contributed by atoms with E-state index in [0.717, 1.165) is 0 Å². The van der Waals surface area contributed by atoms with Gasteiger partial charge in [-0.15, -0.1) is 0 Å². The zero-order valence-corrected chi connectivity index (χ0v) is 8.75. The number of hydrogen-bond acceptors (Lipinski definition) is 2. The minimum atomic E-state index is -1.96. The Bertz CT molecular complexity index is 361. The molecule has 0 aliphatic rings. The molecular formula is C9H11NO3S. The molecule has 1 unspecified atom stereocenters. The van der Waals surface area contributed by atoms with Crippen molar-refractivity contribution in [2.75, 3.05) is 11.9 Å². The first-order valence-corrected chi connectivity index (χ1v) is 5.08. The quantitative estimate of drug-likeness (QED) is 0.752. The van der Waals surface area contributed by atoms with E-state index in [9.17, 15) is 9.00 Å². The summed E-state index contributed by atoms with van der Waals surface area (Å²) in [4.78, 5) is 12.8. The van der Waals surface area contributed by atoms with Gasteiger partial charge in [-0.2, -0.15) is 0 Å². The van der Waals surface area contributed by atoms with Crippen LogP contribution in [-0.2, 0) is 15.9 Å². The van der Waals surface area contributed by atoms with Crippen LogP contribution >= 0.6 is 0 Å². The van der Waals surface area contributed by atoms with Gasteiger partial charge in [0.05, 0.1) is 4.90 Å². The third-order valence-electron chi connectivity index (χ3n) is 1.90. The number of amides is 1. The minimum absolute atomic E-state index is 0.0807. The highest BCUT2D eigenvalue weighted by molar-refractivity contribution is 7.79. The highest BCUT2D eigenvalue weighted by Gasteiger charge is 2.05. The summed E-state index contributed by atoms with van der Waals surface area (Å²) in [6.07, 6.45) is 0. The highest BCUT2D eigenvalue weighted by Crippen LogP contribution is 2.15. The summed E-state index contributed by atoms with van der Waals surface area (Å²) >= 11 is -1.96. The lowest BCUT2D eigenvalue weighted by atomic mass is 10.3. The molecule has 0 aliphatic carbocycles. The summed E-state index contributed by atoms with van der Waals surface area (Å²) in [6, 6.07) is 6.30. The van der Waals surface area contributed by atoms with Gasteiger partial charge in [-0.25, -0.2) is 4.21 Å². The number of anilines is 1. The molecule has 1 amide bonds. The summed E-state index contributed by atoms with van der Waals surface area (Å²) in [7, 11) is 1.65. The van der Waals surface area contributed by atoms with Crippen LogP contribution in [0.15, 0.2) is 29.2 Å². The number of rotatable bonds is 2. The average Bonchev–Trinajstić information content (AvgIpc) is 2.16. The van der Waals surface area contributed by atoms with Gasteiger partial charge in [0.1, 0.15) is 0 Å². The molecule has 1 aromatic carbocycles. The van der Waals surface area contributed by atoms with Gasteiger partial charge < -0.3 is 9.45 Å². The van der Waals surface area contributed by atoms with E-state index in [2.05, 4.69) is 0 Å². The molecule has 0 spiro atoms. The van der Waals surface area contributed by atoms with Gasteiger partial charge in [0.15, 0.2) is 11.1 Å². The maximum absolute atomic E-state index is 11.0. The first kappa shape index (κ1) is 10.9. The summed E-state index contributed by atoms with van der Waals surface area (Å²) < 4.78 is 19.4. The fourth-order valence-electron chi connectivity index (χ4n) is 0.968. The van der Waals surface area contributed by atoms with E-state index in [4.69, 9.17) is 4.55 Å². The molecule has 0 saturated carbocycles. The summed E-state index contributed by atoms with van der Waals surface area (Å²) in [6.45, 7) is 1.46. The Morgan fingerprint density at radius 2 is 1.86 bits per heavy atom. The van der Waals surface area contributed by atoms with Crippen LogP contribution in [0.2, 0.25) is 0 Å². The summed E-state index contributed by atoms with van der Waals surface area (Å²) in [5.74, 6) is -0.0807. The van der Waals surface area contributed by atoms with Crippen LogP contribution in [0.3, 0.4) is 0 Å². The van der Waals surface area contributed by atoms with E-state index in [-0.39, 0.29) is 5.91 Å². The van der Waals surface area contributed by atoms with Crippen LogP contribution in [0.4, 0.5) is 5.69 Å². The first-order chi connectivity index (χ1) is 6.52. The molecular weight excluding hydrogens is 202 g/mol. The Kier molecular flexibility index (Phi) is 3.38. The Balaban J connectivity index is 2.94. The van der Waals surface area contributed by atoms with Crippen LogP contribution in [-0.4, -0.2) is 21.7 Å². The zero-order chi connectivity index (χ0) is 10.7. The van der Waals surface area contributed by atoms with Gasteiger partial charge in [-0.05, 0) is 24.3 Å². The lowest BCUT2D eigenvalue weighted by molar-refractivity contribution is -0.116. The minimum Gasteiger partial charge on any atom is -0.316 e. The van der Waals surface area contributed by atoms with Crippen molar-refractivity contribution in [1.82, 2.24) is 0 Å². The monoisotopic (exact) mass is 213 g/mol. The van der Waals surface area contributed by atoms with Crippen LogP contribution in [0.5, 0.6) is 0 Å². The highest BCUT2D eigenvalue weighted by atomic mass is 32.2. The second-order valence-corrected chi connectivity index (χ2v) is 3.79. The number of nitrogens with zero attached hydrogens (tertiary/aromatic N) is 1. The SMILES string of the molecule is CC(=O)N(C)c1ccc(S(=O)O)cc1. The van der Waals surface area contributed by atoms with Crippen molar-refractivity contribution < 1.29 is 13.6 Å². The molecule has 4 nitrogen and oxygen atoms in total. The molecule has 0 saturated heterocycles. The smallest absolute Gasteiger partial charge is 0.223 e. The second kappa shape index (κ2) is 4.34. The largest absolute Gasteiger partial charge is 0.316 e. The predicted molar refractivity (Wildman–Crippen MR) is 54.6 cm³/mol. The maximum Gasteiger partial charge on any atom is 0.223 e. The molecule has 0 radical (unpaired) electrons. The fraction of sp³-hybridized carbons (Fsp3) is 0.222. The third kappa shape index (κ3) is 2.40. The molecule has 76 valence electrons. The van der Waals surface area contributed by atoms with Gasteiger partial charge in [-0.1, -0.05) is 0 Å². The molecule has 1 aromatic rings. The maximum atomic E-state index is 11.0. The molecule has 14 heavy (non-hydrogen) atoms. The standard InChI is InChI=1S/C9H11NO3S/c1-7(11)10(2)8-3-5-9(6-4-8)14(12)13/h3-6H,1-2H3,(H,12,13). The number of carbonyl (C=O) groups excluding carboxylic acids is 1. The summed E-state index contributed by atoms with van der Waals surface area (Å²) in [5, 5.41) is 0. The van der Waals surface area contributed by atoms with Crippen molar-refractivity contribution >= 4 is 22.7 Å². The molecule has 1 rings (SSSR count). The van der Waals surface area contributed by atoms with Gasteiger partial charge >= 0.3 is 0 Å². The van der Waals surface area contributed by atoms with Crippen molar-refractivity contribution in [2.24, 2.45) is 0 Å². The van der Waals surface area contributed by atoms with Crippen LogP contribution in [0.25, 0.3) is 0 Å². The van der Waals surface area contributed by atoms with Crippen molar-refractivity contribution in [1.29, 1.82) is 0 Å². The first-order valence-electron chi connectivity index (χ1n) is 3.97. The van der Waals surface area contributed by atoms with Crippen LogP contribution < -0.4 is 4.90 Å². The Morgan fingerprint density at radius 1 is 1.36 bits per heavy atom. The van der Waals surface area contributed by atoms with Gasteiger partial charge in [0.2, 0.25) is 5.91 Å². The fourth-order valence-corrected chi connectivity index (χ4v) is 1.34. The molecule has 1 atom stereocenters. The van der Waals surface area contributed by atoms with E-state index in [0.29, 0.717) is 10.6 Å². The Labute approximate surface area is 84.8 Å². The average molecular weight is 213 g/mol. The predicted octanol–water partition coefficient (Wildman–Crippen LogP) is 1.25. The van der Waals surface area contributed by atoms with E-state index >= 15 is 0 Å². The van der Waals surface area contributed by atoms with E-state index < -0.39 is 11.1 Å². The normalized spacial score (nSPS) is 12.2. The molecule has 0 aliphatic heterocycles. The van der Waals surface area contributed by atoms with Gasteiger partial charge in [0.25, 0.3) is 0 Å². The van der Waals surface area contributed by atoms with Crippen molar-refractivity contribution in [3.63, 3.8) is 0 Å². The second-order valence-electron chi connectivity index (χ2n) is 2.82. The van der Waals surface area contributed by atoms with E-state index in [1.54, 1.807) is 19.2 Å². The topological polar surface area (TPSA) is 57.6 Å². The third-order valence-corrected chi connectivity index (χ3v) is 2.57. The lowest BCUT2D eigenvalue weighted by Crippen LogP contribution is -2.22. The van der Waals surface area contributed by atoms with Crippen LogP contribution in [0, 0.1) is 0 Å². The van der Waals surface area contributed by atoms with Crippen LogP contribution in [0.1, 0.15) is 6.92 Å². The summed E-state index contributed by atoms with van der Waals surface area (Å²) in [5.41, 5.74) is 0.701. The number of benzene rings is 1. The van der Waals surface area contributed by atoms with Gasteiger partial charge in [-0.3, -0.25) is 4.79 Å². The molecule has 0 aromatic heterocycles. The molecule has 1 N–H and O–H groups in total. The number of carbonyl (C=O) groups is 1. The molecule has 5 heteroatoms. The zero-order valence-electron chi connectivity index (χ0n) is 7.93. The van der Waals surface area contributed by atoms with E-state index in [1.807, 2.05) is 0 Å². The van der Waals surface area contributed by atoms with Gasteiger partial charge in [0, 0.05) is 19.7 Å². The molecule has 0 bridgehead atoms. The Morgan fingerprint density at radius 3 is 2.21 bits per heavy atom. The molecule has 0 heterocycles. The van der Waals surface area contributed by atoms with Crippen molar-refractivity contribution in [3.05, 3.63) is 24.3 Å². The molecule has 0 fully saturated rings.